The van der Waals surface area contributed by atoms with Crippen molar-refractivity contribution < 1.29 is 14.7 Å². The SMILES string of the molecule is CCNC(=O)NC(=O)C(C)NCC1(O)CCCC1. The minimum absolute atomic E-state index is 0.386. The van der Waals surface area contributed by atoms with E-state index in [2.05, 4.69) is 16.0 Å². The van der Waals surface area contributed by atoms with E-state index in [-0.39, 0.29) is 5.91 Å². The molecule has 6 nitrogen and oxygen atoms in total. The normalized spacial score (nSPS) is 19.3. The zero-order valence-corrected chi connectivity index (χ0v) is 11.1. The largest absolute Gasteiger partial charge is 0.389 e. The van der Waals surface area contributed by atoms with Crippen molar-refractivity contribution in [1.82, 2.24) is 16.0 Å². The van der Waals surface area contributed by atoms with Gasteiger partial charge in [-0.05, 0) is 26.7 Å². The molecule has 0 heterocycles. The second-order valence-electron chi connectivity index (χ2n) is 4.88. The van der Waals surface area contributed by atoms with E-state index in [1.807, 2.05) is 0 Å². The highest BCUT2D eigenvalue weighted by Crippen LogP contribution is 2.28. The van der Waals surface area contributed by atoms with Gasteiger partial charge in [-0.15, -0.1) is 0 Å². The average molecular weight is 257 g/mol. The maximum absolute atomic E-state index is 11.6. The summed E-state index contributed by atoms with van der Waals surface area (Å²) >= 11 is 0. The first-order valence-electron chi connectivity index (χ1n) is 6.51. The first kappa shape index (κ1) is 14.9. The molecule has 6 heteroatoms. The first-order chi connectivity index (χ1) is 8.47. The van der Waals surface area contributed by atoms with Gasteiger partial charge in [0.25, 0.3) is 0 Å². The predicted molar refractivity (Wildman–Crippen MR) is 68.1 cm³/mol. The number of nitrogens with one attached hydrogen (secondary N) is 3. The van der Waals surface area contributed by atoms with Crippen LogP contribution in [-0.4, -0.2) is 41.8 Å². The third kappa shape index (κ3) is 4.62. The van der Waals surface area contributed by atoms with E-state index in [0.717, 1.165) is 25.7 Å². The lowest BCUT2D eigenvalue weighted by Gasteiger charge is -2.24. The van der Waals surface area contributed by atoms with Gasteiger partial charge in [-0.1, -0.05) is 12.8 Å². The predicted octanol–water partition coefficient (Wildman–Crippen LogP) is 0.115. The summed E-state index contributed by atoms with van der Waals surface area (Å²) in [6.45, 7) is 4.31. The summed E-state index contributed by atoms with van der Waals surface area (Å²) in [5.74, 6) is -0.387. The van der Waals surface area contributed by atoms with E-state index in [1.54, 1.807) is 13.8 Å². The molecule has 0 spiro atoms. The third-order valence-electron chi connectivity index (χ3n) is 3.24. The molecule has 1 fully saturated rings. The number of hydrogen-bond acceptors (Lipinski definition) is 4. The molecular formula is C12H23N3O3. The maximum atomic E-state index is 11.6. The van der Waals surface area contributed by atoms with E-state index >= 15 is 0 Å². The van der Waals surface area contributed by atoms with Gasteiger partial charge in [0.2, 0.25) is 5.91 Å². The average Bonchev–Trinajstić information content (AvgIpc) is 2.74. The minimum Gasteiger partial charge on any atom is -0.389 e. The van der Waals surface area contributed by atoms with Crippen LogP contribution in [0.1, 0.15) is 39.5 Å². The Kier molecular flexibility index (Phi) is 5.55. The van der Waals surface area contributed by atoms with Gasteiger partial charge in [-0.3, -0.25) is 10.1 Å². The first-order valence-corrected chi connectivity index (χ1v) is 6.51. The second kappa shape index (κ2) is 6.70. The molecule has 18 heavy (non-hydrogen) atoms. The zero-order chi connectivity index (χ0) is 13.6. The van der Waals surface area contributed by atoms with E-state index in [9.17, 15) is 14.7 Å². The summed E-state index contributed by atoms with van der Waals surface area (Å²) < 4.78 is 0. The number of aliphatic hydroxyl groups is 1. The molecule has 0 bridgehead atoms. The van der Waals surface area contributed by atoms with Crippen molar-refractivity contribution in [1.29, 1.82) is 0 Å². The van der Waals surface area contributed by atoms with Crippen LogP contribution >= 0.6 is 0 Å². The standard InChI is InChI=1S/C12H23N3O3/c1-3-13-11(17)15-10(16)9(2)14-8-12(18)6-4-5-7-12/h9,14,18H,3-8H2,1-2H3,(H2,13,15,16,17). The summed E-state index contributed by atoms with van der Waals surface area (Å²) in [5, 5.41) is 17.8. The molecule has 0 aromatic heterocycles. The van der Waals surface area contributed by atoms with Crippen molar-refractivity contribution >= 4 is 11.9 Å². The van der Waals surface area contributed by atoms with Gasteiger partial charge < -0.3 is 15.7 Å². The highest BCUT2D eigenvalue weighted by Gasteiger charge is 2.31. The number of rotatable bonds is 5. The number of hydrogen-bond donors (Lipinski definition) is 4. The van der Waals surface area contributed by atoms with Crippen molar-refractivity contribution in [2.24, 2.45) is 0 Å². The molecule has 3 amide bonds. The summed E-state index contributed by atoms with van der Waals surface area (Å²) in [4.78, 5) is 22.8. The molecule has 0 aromatic rings. The van der Waals surface area contributed by atoms with Crippen LogP contribution in [0.25, 0.3) is 0 Å². The topological polar surface area (TPSA) is 90.5 Å². The lowest BCUT2D eigenvalue weighted by molar-refractivity contribution is -0.121. The van der Waals surface area contributed by atoms with Gasteiger partial charge in [0.15, 0.2) is 0 Å². The number of amides is 3. The molecule has 1 unspecified atom stereocenters. The molecule has 0 aromatic carbocycles. The van der Waals surface area contributed by atoms with E-state index < -0.39 is 17.7 Å². The van der Waals surface area contributed by atoms with Crippen LogP contribution in [0.5, 0.6) is 0 Å². The molecule has 0 radical (unpaired) electrons. The van der Waals surface area contributed by atoms with Crippen LogP contribution in [0.2, 0.25) is 0 Å². The van der Waals surface area contributed by atoms with Crippen molar-refractivity contribution in [2.75, 3.05) is 13.1 Å². The highest BCUT2D eigenvalue weighted by atomic mass is 16.3. The molecule has 1 aliphatic carbocycles. The molecule has 104 valence electrons. The summed E-state index contributed by atoms with van der Waals surface area (Å²) in [5.41, 5.74) is -0.694. The fourth-order valence-corrected chi connectivity index (χ4v) is 2.07. The Morgan fingerprint density at radius 1 is 1.33 bits per heavy atom. The van der Waals surface area contributed by atoms with Gasteiger partial charge in [0.05, 0.1) is 11.6 Å². The highest BCUT2D eigenvalue weighted by molar-refractivity contribution is 5.96. The number of carbonyl (C=O) groups excluding carboxylic acids is 2. The lowest BCUT2D eigenvalue weighted by atomic mass is 10.0. The Bertz CT molecular complexity index is 301. The van der Waals surface area contributed by atoms with Crippen molar-refractivity contribution in [3.05, 3.63) is 0 Å². The van der Waals surface area contributed by atoms with Gasteiger partial charge in [0.1, 0.15) is 0 Å². The molecule has 0 saturated heterocycles. The molecular weight excluding hydrogens is 234 g/mol. The van der Waals surface area contributed by atoms with Gasteiger partial charge in [-0.2, -0.15) is 0 Å². The molecule has 1 aliphatic rings. The van der Waals surface area contributed by atoms with Crippen LogP contribution in [-0.2, 0) is 4.79 Å². The quantitative estimate of drug-likeness (QED) is 0.563. The van der Waals surface area contributed by atoms with Crippen molar-refractivity contribution in [3.63, 3.8) is 0 Å². The van der Waals surface area contributed by atoms with E-state index in [1.165, 1.54) is 0 Å². The summed E-state index contributed by atoms with van der Waals surface area (Å²) in [6, 6.07) is -0.993. The molecule has 1 saturated carbocycles. The van der Waals surface area contributed by atoms with Crippen LogP contribution in [0, 0.1) is 0 Å². The Hall–Kier alpha value is -1.14. The number of urea groups is 1. The maximum Gasteiger partial charge on any atom is 0.321 e. The Balaban J connectivity index is 2.29. The van der Waals surface area contributed by atoms with Crippen molar-refractivity contribution in [3.8, 4) is 0 Å². The second-order valence-corrected chi connectivity index (χ2v) is 4.88. The third-order valence-corrected chi connectivity index (χ3v) is 3.24. The fraction of sp³-hybridized carbons (Fsp3) is 0.833. The van der Waals surface area contributed by atoms with Gasteiger partial charge in [0, 0.05) is 13.1 Å². The molecule has 1 rings (SSSR count). The Labute approximate surface area is 108 Å². The van der Waals surface area contributed by atoms with E-state index in [4.69, 9.17) is 0 Å². The Morgan fingerprint density at radius 2 is 1.94 bits per heavy atom. The van der Waals surface area contributed by atoms with Crippen LogP contribution in [0.15, 0.2) is 0 Å². The van der Waals surface area contributed by atoms with Gasteiger partial charge >= 0.3 is 6.03 Å². The number of carbonyl (C=O) groups is 2. The lowest BCUT2D eigenvalue weighted by Crippen LogP contribution is -2.51. The summed E-state index contributed by atoms with van der Waals surface area (Å²) in [7, 11) is 0. The monoisotopic (exact) mass is 257 g/mol. The van der Waals surface area contributed by atoms with E-state index in [0.29, 0.717) is 13.1 Å². The van der Waals surface area contributed by atoms with Crippen molar-refractivity contribution in [2.45, 2.75) is 51.2 Å². The number of imide groups is 1. The smallest absolute Gasteiger partial charge is 0.321 e. The zero-order valence-electron chi connectivity index (χ0n) is 11.1. The molecule has 0 aliphatic heterocycles. The fourth-order valence-electron chi connectivity index (χ4n) is 2.07. The van der Waals surface area contributed by atoms with Crippen LogP contribution in [0.3, 0.4) is 0 Å². The molecule has 1 atom stereocenters. The Morgan fingerprint density at radius 3 is 2.50 bits per heavy atom. The van der Waals surface area contributed by atoms with Crippen LogP contribution in [0.4, 0.5) is 4.79 Å². The minimum atomic E-state index is -0.694. The van der Waals surface area contributed by atoms with Gasteiger partial charge in [-0.25, -0.2) is 4.79 Å². The van der Waals surface area contributed by atoms with Crippen LogP contribution < -0.4 is 16.0 Å². The summed E-state index contributed by atoms with van der Waals surface area (Å²) in [6.07, 6.45) is 3.59. The molecule has 4 N–H and O–H groups in total.